The second kappa shape index (κ2) is 4.29. The molecule has 1 heterocycles. The van der Waals surface area contributed by atoms with Crippen LogP contribution >= 0.6 is 0 Å². The minimum Gasteiger partial charge on any atom is -0.458 e. The molecule has 0 radical (unpaired) electrons. The van der Waals surface area contributed by atoms with Crippen molar-refractivity contribution in [3.63, 3.8) is 0 Å². The van der Waals surface area contributed by atoms with Crippen LogP contribution < -0.4 is 4.74 Å². The van der Waals surface area contributed by atoms with E-state index in [1.165, 1.54) is 0 Å². The van der Waals surface area contributed by atoms with Crippen LogP contribution in [0, 0.1) is 0 Å². The van der Waals surface area contributed by atoms with Gasteiger partial charge < -0.3 is 9.26 Å². The molecule has 0 aliphatic rings. The van der Waals surface area contributed by atoms with E-state index in [9.17, 15) is 0 Å². The standard InChI is InChI=1S/C14H11NO2/c1-2-6-11(7-3-1)10-16-14-12-8-4-5-9-13(12)15-17-14/h1-9H,10H2. The molecule has 0 fully saturated rings. The Balaban J connectivity index is 1.82. The molecule has 3 rings (SSSR count). The van der Waals surface area contributed by atoms with E-state index < -0.39 is 0 Å². The molecule has 0 saturated carbocycles. The highest BCUT2D eigenvalue weighted by molar-refractivity contribution is 5.82. The fraction of sp³-hybridized carbons (Fsp3) is 0.0714. The maximum Gasteiger partial charge on any atom is 0.319 e. The van der Waals surface area contributed by atoms with Gasteiger partial charge in [-0.1, -0.05) is 47.6 Å². The number of fused-ring (bicyclic) bond motifs is 1. The van der Waals surface area contributed by atoms with Crippen LogP contribution in [0.2, 0.25) is 0 Å². The molecule has 0 saturated heterocycles. The van der Waals surface area contributed by atoms with Crippen molar-refractivity contribution in [2.45, 2.75) is 6.61 Å². The smallest absolute Gasteiger partial charge is 0.319 e. The number of hydrogen-bond acceptors (Lipinski definition) is 3. The average molecular weight is 225 g/mol. The van der Waals surface area contributed by atoms with Crippen molar-refractivity contribution in [1.29, 1.82) is 0 Å². The Bertz CT molecular complexity index is 616. The zero-order valence-corrected chi connectivity index (χ0v) is 9.17. The minimum atomic E-state index is 0.476. The van der Waals surface area contributed by atoms with Crippen molar-refractivity contribution in [2.24, 2.45) is 0 Å². The highest BCUT2D eigenvalue weighted by Crippen LogP contribution is 2.25. The summed E-state index contributed by atoms with van der Waals surface area (Å²) in [6.45, 7) is 0.486. The summed E-state index contributed by atoms with van der Waals surface area (Å²) in [7, 11) is 0. The van der Waals surface area contributed by atoms with E-state index in [2.05, 4.69) is 5.16 Å². The summed E-state index contributed by atoms with van der Waals surface area (Å²) in [5, 5.41) is 4.84. The van der Waals surface area contributed by atoms with Gasteiger partial charge in [-0.05, 0) is 17.7 Å². The molecular formula is C14H11NO2. The van der Waals surface area contributed by atoms with Gasteiger partial charge in [0, 0.05) is 0 Å². The van der Waals surface area contributed by atoms with E-state index in [0.29, 0.717) is 12.6 Å². The molecule has 17 heavy (non-hydrogen) atoms. The van der Waals surface area contributed by atoms with Crippen LogP contribution in [0.5, 0.6) is 5.95 Å². The Hall–Kier alpha value is -2.29. The van der Waals surface area contributed by atoms with Gasteiger partial charge in [0.05, 0.1) is 5.39 Å². The lowest BCUT2D eigenvalue weighted by atomic mass is 10.2. The molecule has 0 aliphatic heterocycles. The number of benzene rings is 2. The molecule has 0 atom stereocenters. The fourth-order valence-corrected chi connectivity index (χ4v) is 1.69. The highest BCUT2D eigenvalue weighted by atomic mass is 16.6. The molecule has 84 valence electrons. The van der Waals surface area contributed by atoms with Crippen LogP contribution in [0.15, 0.2) is 59.1 Å². The SMILES string of the molecule is c1ccc(COc2onc3ccccc23)cc1. The van der Waals surface area contributed by atoms with Gasteiger partial charge in [0.1, 0.15) is 12.1 Å². The van der Waals surface area contributed by atoms with Crippen LogP contribution in [-0.4, -0.2) is 5.16 Å². The van der Waals surface area contributed by atoms with Crippen molar-refractivity contribution in [3.05, 3.63) is 60.2 Å². The van der Waals surface area contributed by atoms with Crippen molar-refractivity contribution in [1.82, 2.24) is 5.16 Å². The van der Waals surface area contributed by atoms with Gasteiger partial charge in [-0.3, -0.25) is 0 Å². The van der Waals surface area contributed by atoms with E-state index >= 15 is 0 Å². The van der Waals surface area contributed by atoms with Crippen LogP contribution in [0.4, 0.5) is 0 Å². The summed E-state index contributed by atoms with van der Waals surface area (Å²) in [5.74, 6) is 0.476. The zero-order chi connectivity index (χ0) is 11.5. The topological polar surface area (TPSA) is 35.3 Å². The Kier molecular flexibility index (Phi) is 2.50. The molecule has 0 unspecified atom stereocenters. The summed E-state index contributed by atoms with van der Waals surface area (Å²) in [4.78, 5) is 0. The van der Waals surface area contributed by atoms with Crippen LogP contribution in [-0.2, 0) is 6.61 Å². The maximum atomic E-state index is 5.62. The van der Waals surface area contributed by atoms with Gasteiger partial charge in [0.15, 0.2) is 0 Å². The van der Waals surface area contributed by atoms with Gasteiger partial charge >= 0.3 is 5.95 Å². The predicted molar refractivity (Wildman–Crippen MR) is 64.8 cm³/mol. The molecule has 0 bridgehead atoms. The molecule has 1 aromatic heterocycles. The van der Waals surface area contributed by atoms with Crippen molar-refractivity contribution < 1.29 is 9.26 Å². The minimum absolute atomic E-state index is 0.476. The van der Waals surface area contributed by atoms with Crippen molar-refractivity contribution in [3.8, 4) is 5.95 Å². The number of aromatic nitrogens is 1. The third-order valence-corrected chi connectivity index (χ3v) is 2.56. The third-order valence-electron chi connectivity index (χ3n) is 2.56. The molecule has 0 amide bonds. The lowest BCUT2D eigenvalue weighted by molar-refractivity contribution is 0.209. The first-order valence-electron chi connectivity index (χ1n) is 5.44. The second-order valence-corrected chi connectivity index (χ2v) is 3.76. The number of hydrogen-bond donors (Lipinski definition) is 0. The molecule has 0 N–H and O–H groups in total. The van der Waals surface area contributed by atoms with Crippen LogP contribution in [0.25, 0.3) is 10.9 Å². The van der Waals surface area contributed by atoms with Crippen LogP contribution in [0.1, 0.15) is 5.56 Å². The van der Waals surface area contributed by atoms with E-state index in [1.807, 2.05) is 54.6 Å². The number of ether oxygens (including phenoxy) is 1. The van der Waals surface area contributed by atoms with Crippen molar-refractivity contribution in [2.75, 3.05) is 0 Å². The van der Waals surface area contributed by atoms with E-state index in [0.717, 1.165) is 16.5 Å². The summed E-state index contributed by atoms with van der Waals surface area (Å²) < 4.78 is 10.8. The van der Waals surface area contributed by atoms with Gasteiger partial charge in [-0.2, -0.15) is 0 Å². The van der Waals surface area contributed by atoms with Gasteiger partial charge in [0.25, 0.3) is 0 Å². The molecule has 3 nitrogen and oxygen atoms in total. The van der Waals surface area contributed by atoms with Gasteiger partial charge in [-0.15, -0.1) is 0 Å². The fourth-order valence-electron chi connectivity index (χ4n) is 1.69. The molecule has 3 aromatic rings. The lowest BCUT2D eigenvalue weighted by Gasteiger charge is -2.01. The molecule has 2 aromatic carbocycles. The van der Waals surface area contributed by atoms with E-state index in [-0.39, 0.29) is 0 Å². The number of rotatable bonds is 3. The first-order valence-corrected chi connectivity index (χ1v) is 5.44. The van der Waals surface area contributed by atoms with Crippen LogP contribution in [0.3, 0.4) is 0 Å². The summed E-state index contributed by atoms with van der Waals surface area (Å²) in [6, 6.07) is 17.7. The van der Waals surface area contributed by atoms with E-state index in [1.54, 1.807) is 0 Å². The average Bonchev–Trinajstić information content (AvgIpc) is 2.81. The van der Waals surface area contributed by atoms with Gasteiger partial charge in [0.2, 0.25) is 0 Å². The second-order valence-electron chi connectivity index (χ2n) is 3.76. The molecule has 0 aliphatic carbocycles. The molecule has 0 spiro atoms. The van der Waals surface area contributed by atoms with Crippen molar-refractivity contribution >= 4 is 10.9 Å². The predicted octanol–water partition coefficient (Wildman–Crippen LogP) is 3.41. The summed E-state index contributed by atoms with van der Waals surface area (Å²) >= 11 is 0. The largest absolute Gasteiger partial charge is 0.458 e. The van der Waals surface area contributed by atoms with E-state index in [4.69, 9.17) is 9.26 Å². The Morgan fingerprint density at radius 2 is 1.71 bits per heavy atom. The first-order chi connectivity index (χ1) is 8.43. The monoisotopic (exact) mass is 225 g/mol. The Labute approximate surface area is 98.6 Å². The highest BCUT2D eigenvalue weighted by Gasteiger charge is 2.08. The maximum absolute atomic E-state index is 5.62. The molecular weight excluding hydrogens is 214 g/mol. The normalized spacial score (nSPS) is 10.6. The Morgan fingerprint density at radius 1 is 0.941 bits per heavy atom. The summed E-state index contributed by atoms with van der Waals surface area (Å²) in [5.41, 5.74) is 1.92. The summed E-state index contributed by atoms with van der Waals surface area (Å²) in [6.07, 6.45) is 0. The first kappa shape index (κ1) is 9.90. The third kappa shape index (κ3) is 1.99. The zero-order valence-electron chi connectivity index (χ0n) is 9.17. The molecule has 3 heteroatoms. The Morgan fingerprint density at radius 3 is 2.59 bits per heavy atom. The quantitative estimate of drug-likeness (QED) is 0.685. The van der Waals surface area contributed by atoms with Gasteiger partial charge in [-0.25, -0.2) is 0 Å². The number of nitrogens with zero attached hydrogens (tertiary/aromatic N) is 1. The lowest BCUT2D eigenvalue weighted by Crippen LogP contribution is -1.93.